The fourth-order valence-electron chi connectivity index (χ4n) is 0.610. The maximum absolute atomic E-state index is 10.8. The van der Waals surface area contributed by atoms with E-state index < -0.39 is 12.0 Å². The van der Waals surface area contributed by atoms with Crippen LogP contribution in [0.4, 0.5) is 4.79 Å². The van der Waals surface area contributed by atoms with Gasteiger partial charge in [0.1, 0.15) is 0 Å². The summed E-state index contributed by atoms with van der Waals surface area (Å²) in [4.78, 5) is 23.4. The number of carbonyl (C=O) groups is 2. The van der Waals surface area contributed by atoms with Gasteiger partial charge < -0.3 is 15.7 Å². The van der Waals surface area contributed by atoms with E-state index in [2.05, 4.69) is 20.7 Å². The number of rotatable bonds is 6. The molecule has 0 aromatic rings. The molecule has 8 heteroatoms. The predicted molar refractivity (Wildman–Crippen MR) is 47.7 cm³/mol. The largest absolute Gasteiger partial charge is 0.481 e. The van der Waals surface area contributed by atoms with Crippen molar-refractivity contribution in [1.29, 1.82) is 0 Å². The molecule has 0 saturated heterocycles. The van der Waals surface area contributed by atoms with Crippen LogP contribution in [0.15, 0.2) is 5.11 Å². The van der Waals surface area contributed by atoms with Crippen molar-refractivity contribution in [2.24, 2.45) is 5.11 Å². The highest BCUT2D eigenvalue weighted by Gasteiger charge is 2.00. The first-order chi connectivity index (χ1) is 6.66. The third-order valence-corrected chi connectivity index (χ3v) is 1.19. The van der Waals surface area contributed by atoms with Gasteiger partial charge in [-0.05, 0) is 5.53 Å². The van der Waals surface area contributed by atoms with Gasteiger partial charge in [-0.25, -0.2) is 4.79 Å². The van der Waals surface area contributed by atoms with Crippen molar-refractivity contribution in [3.63, 3.8) is 0 Å². The minimum absolute atomic E-state index is 0.0721. The number of aliphatic carboxylic acids is 1. The number of carboxylic acids is 1. The molecule has 0 fully saturated rings. The van der Waals surface area contributed by atoms with E-state index in [9.17, 15) is 9.59 Å². The average Bonchev–Trinajstić information content (AvgIpc) is 2.12. The van der Waals surface area contributed by atoms with Crippen LogP contribution in [-0.2, 0) is 4.79 Å². The summed E-state index contributed by atoms with van der Waals surface area (Å²) < 4.78 is 0. The summed E-state index contributed by atoms with van der Waals surface area (Å²) in [5.74, 6) is -0.973. The first-order valence-corrected chi connectivity index (χ1v) is 3.91. The molecule has 0 aliphatic heterocycles. The van der Waals surface area contributed by atoms with Crippen LogP contribution in [0.5, 0.6) is 0 Å². The van der Waals surface area contributed by atoms with E-state index in [-0.39, 0.29) is 26.1 Å². The molecule has 0 spiro atoms. The Labute approximate surface area is 79.9 Å². The number of amides is 2. The summed E-state index contributed by atoms with van der Waals surface area (Å²) in [6.07, 6.45) is -0.121. The maximum Gasteiger partial charge on any atom is 0.314 e. The smallest absolute Gasteiger partial charge is 0.314 e. The highest BCUT2D eigenvalue weighted by atomic mass is 16.4. The molecule has 0 rings (SSSR count). The Hall–Kier alpha value is -1.95. The van der Waals surface area contributed by atoms with Crippen molar-refractivity contribution >= 4 is 12.0 Å². The van der Waals surface area contributed by atoms with Gasteiger partial charge in [-0.15, -0.1) is 0 Å². The number of nitrogens with zero attached hydrogens (tertiary/aromatic N) is 3. The van der Waals surface area contributed by atoms with Crippen LogP contribution in [0.2, 0.25) is 0 Å². The van der Waals surface area contributed by atoms with Crippen LogP contribution in [0.25, 0.3) is 10.4 Å². The van der Waals surface area contributed by atoms with Crippen LogP contribution in [-0.4, -0.2) is 36.7 Å². The van der Waals surface area contributed by atoms with E-state index in [1.54, 1.807) is 0 Å². The average molecular weight is 201 g/mol. The van der Waals surface area contributed by atoms with Crippen LogP contribution in [0.3, 0.4) is 0 Å². The van der Waals surface area contributed by atoms with E-state index >= 15 is 0 Å². The molecular weight excluding hydrogens is 190 g/mol. The number of hydrogen-bond donors (Lipinski definition) is 3. The molecule has 0 aliphatic rings. The third kappa shape index (κ3) is 8.15. The van der Waals surface area contributed by atoms with Gasteiger partial charge in [0.05, 0.1) is 6.42 Å². The molecule has 0 aromatic carbocycles. The maximum atomic E-state index is 10.8. The lowest BCUT2D eigenvalue weighted by atomic mass is 10.4. The lowest BCUT2D eigenvalue weighted by Gasteiger charge is -2.03. The zero-order chi connectivity index (χ0) is 10.8. The molecular formula is C6H11N5O3. The quantitative estimate of drug-likeness (QED) is 0.243. The fraction of sp³-hybridized carbons (Fsp3) is 0.667. The van der Waals surface area contributed by atoms with E-state index in [1.165, 1.54) is 0 Å². The molecule has 0 saturated carbocycles. The number of azide groups is 1. The molecule has 0 unspecified atom stereocenters. The topological polar surface area (TPSA) is 127 Å². The first kappa shape index (κ1) is 12.0. The number of urea groups is 1. The summed E-state index contributed by atoms with van der Waals surface area (Å²) in [6, 6.07) is -0.473. The Morgan fingerprint density at radius 1 is 1.36 bits per heavy atom. The molecule has 0 heterocycles. The van der Waals surface area contributed by atoms with Crippen molar-refractivity contribution in [3.8, 4) is 0 Å². The van der Waals surface area contributed by atoms with Gasteiger partial charge >= 0.3 is 12.0 Å². The number of hydrogen-bond acceptors (Lipinski definition) is 3. The van der Waals surface area contributed by atoms with Crippen LogP contribution >= 0.6 is 0 Å². The number of carboxylic acid groups (broad SMARTS) is 1. The van der Waals surface area contributed by atoms with E-state index in [0.717, 1.165) is 0 Å². The normalized spacial score (nSPS) is 8.57. The lowest BCUT2D eigenvalue weighted by Crippen LogP contribution is -2.37. The zero-order valence-corrected chi connectivity index (χ0v) is 7.43. The fourth-order valence-corrected chi connectivity index (χ4v) is 0.610. The summed E-state index contributed by atoms with van der Waals surface area (Å²) in [5, 5.41) is 16.2. The van der Waals surface area contributed by atoms with Crippen LogP contribution < -0.4 is 10.6 Å². The minimum Gasteiger partial charge on any atom is -0.481 e. The van der Waals surface area contributed by atoms with Gasteiger partial charge in [0.2, 0.25) is 0 Å². The van der Waals surface area contributed by atoms with Gasteiger partial charge in [-0.1, -0.05) is 5.11 Å². The van der Waals surface area contributed by atoms with Gasteiger partial charge in [0.15, 0.2) is 0 Å². The predicted octanol–water partition coefficient (Wildman–Crippen LogP) is 0.0706. The lowest BCUT2D eigenvalue weighted by molar-refractivity contribution is -0.136. The van der Waals surface area contributed by atoms with Crippen molar-refractivity contribution < 1.29 is 14.7 Å². The Morgan fingerprint density at radius 2 is 2.00 bits per heavy atom. The molecule has 14 heavy (non-hydrogen) atoms. The Bertz CT molecular complexity index is 238. The summed E-state index contributed by atoms with van der Waals surface area (Å²) in [6.45, 7) is 0.467. The molecule has 2 amide bonds. The standard InChI is InChI=1S/C6H11N5O3/c7-11-10-4-3-9-6(14)8-2-1-5(12)13/h1-4H2,(H,12,13)(H2,8,9,14). The molecule has 0 aromatic heterocycles. The van der Waals surface area contributed by atoms with Gasteiger partial charge in [0.25, 0.3) is 0 Å². The van der Waals surface area contributed by atoms with E-state index in [4.69, 9.17) is 10.6 Å². The van der Waals surface area contributed by atoms with Crippen LogP contribution in [0.1, 0.15) is 6.42 Å². The summed E-state index contributed by atoms with van der Waals surface area (Å²) in [7, 11) is 0. The molecule has 78 valence electrons. The van der Waals surface area contributed by atoms with Gasteiger partial charge in [-0.2, -0.15) is 0 Å². The molecule has 8 nitrogen and oxygen atoms in total. The van der Waals surface area contributed by atoms with Crippen molar-refractivity contribution in [1.82, 2.24) is 10.6 Å². The SMILES string of the molecule is [N-]=[N+]=NCCNC(=O)NCCC(=O)O. The van der Waals surface area contributed by atoms with E-state index in [1.807, 2.05) is 0 Å². The van der Waals surface area contributed by atoms with E-state index in [0.29, 0.717) is 0 Å². The Balaban J connectivity index is 3.36. The number of nitrogens with one attached hydrogen (secondary N) is 2. The van der Waals surface area contributed by atoms with Crippen molar-refractivity contribution in [2.75, 3.05) is 19.6 Å². The second-order valence-electron chi connectivity index (χ2n) is 2.28. The van der Waals surface area contributed by atoms with Gasteiger partial charge in [0, 0.05) is 24.5 Å². The third-order valence-electron chi connectivity index (χ3n) is 1.19. The first-order valence-electron chi connectivity index (χ1n) is 3.91. The molecule has 3 N–H and O–H groups in total. The van der Waals surface area contributed by atoms with Gasteiger partial charge in [-0.3, -0.25) is 4.79 Å². The molecule has 0 aliphatic carbocycles. The number of carbonyl (C=O) groups excluding carboxylic acids is 1. The minimum atomic E-state index is -0.973. The monoisotopic (exact) mass is 201 g/mol. The summed E-state index contributed by atoms with van der Waals surface area (Å²) >= 11 is 0. The molecule has 0 atom stereocenters. The molecule has 0 radical (unpaired) electrons. The van der Waals surface area contributed by atoms with Crippen molar-refractivity contribution in [3.05, 3.63) is 10.4 Å². The Kier molecular flexibility index (Phi) is 6.62. The zero-order valence-electron chi connectivity index (χ0n) is 7.43. The van der Waals surface area contributed by atoms with Crippen molar-refractivity contribution in [2.45, 2.75) is 6.42 Å². The second-order valence-corrected chi connectivity index (χ2v) is 2.28. The highest BCUT2D eigenvalue weighted by Crippen LogP contribution is 1.75. The summed E-state index contributed by atoms with van der Waals surface area (Å²) in [5.41, 5.74) is 7.90. The Morgan fingerprint density at radius 3 is 2.57 bits per heavy atom. The van der Waals surface area contributed by atoms with Crippen LogP contribution in [0, 0.1) is 0 Å². The molecule has 0 bridgehead atoms. The highest BCUT2D eigenvalue weighted by molar-refractivity contribution is 5.74. The second kappa shape index (κ2) is 7.69.